The van der Waals surface area contributed by atoms with Gasteiger partial charge < -0.3 is 25.8 Å². The monoisotopic (exact) mass is 638 g/mol. The van der Waals surface area contributed by atoms with Crippen molar-refractivity contribution in [2.75, 3.05) is 42.1 Å². The van der Waals surface area contributed by atoms with Gasteiger partial charge in [-0.25, -0.2) is 13.6 Å². The van der Waals surface area contributed by atoms with Gasteiger partial charge in [0.15, 0.2) is 0 Å². The lowest BCUT2D eigenvalue weighted by Gasteiger charge is -2.13. The molecule has 0 aliphatic heterocycles. The van der Waals surface area contributed by atoms with Crippen LogP contribution in [-0.4, -0.2) is 55.3 Å². The lowest BCUT2D eigenvalue weighted by Crippen LogP contribution is -2.23. The first-order valence-electron chi connectivity index (χ1n) is 13.8. The molecular formula is C29H33ClN9O6+. The van der Waals surface area contributed by atoms with Gasteiger partial charge in [0.1, 0.15) is 36.1 Å². The van der Waals surface area contributed by atoms with Crippen molar-refractivity contribution in [1.29, 1.82) is 0 Å². The predicted molar refractivity (Wildman–Crippen MR) is 171 cm³/mol. The van der Waals surface area contributed by atoms with Crippen molar-refractivity contribution in [3.8, 4) is 5.88 Å². The number of anilines is 5. The molecule has 3 aromatic heterocycles. The maximum atomic E-state index is 12.0. The Morgan fingerprint density at radius 1 is 0.978 bits per heavy atom. The topological polar surface area (TPSA) is 178 Å². The number of aryl methyl sites for hydroxylation is 2. The fourth-order valence-electron chi connectivity index (χ4n) is 4.51. The second-order valence-corrected chi connectivity index (χ2v) is 9.61. The number of fused-ring (bicyclic) bond motifs is 1. The zero-order chi connectivity index (χ0) is 32.3. The third-order valence-corrected chi connectivity index (χ3v) is 6.51. The third kappa shape index (κ3) is 8.16. The summed E-state index contributed by atoms with van der Waals surface area (Å²) in [6, 6.07) is 14.7. The van der Waals surface area contributed by atoms with Crippen LogP contribution in [0.25, 0.3) is 5.52 Å². The van der Waals surface area contributed by atoms with Gasteiger partial charge in [0.05, 0.1) is 41.6 Å². The lowest BCUT2D eigenvalue weighted by molar-refractivity contribution is -0.671. The van der Waals surface area contributed by atoms with Crippen LogP contribution in [-0.2, 0) is 13.6 Å². The molecule has 15 nitrogen and oxygen atoms in total. The van der Waals surface area contributed by atoms with Crippen LogP contribution >= 0.6 is 11.6 Å². The fourth-order valence-corrected chi connectivity index (χ4v) is 4.51. The number of rotatable bonds is 14. The number of aliphatic hydroxyl groups excluding tert-OH is 1. The average Bonchev–Trinajstić information content (AvgIpc) is 3.62. The van der Waals surface area contributed by atoms with Crippen LogP contribution in [0.4, 0.5) is 39.8 Å². The Bertz CT molecular complexity index is 1760. The van der Waals surface area contributed by atoms with E-state index in [0.717, 1.165) is 31.3 Å². The van der Waals surface area contributed by atoms with E-state index in [1.165, 1.54) is 17.0 Å². The van der Waals surface area contributed by atoms with E-state index in [0.29, 0.717) is 16.9 Å². The van der Waals surface area contributed by atoms with Crippen molar-refractivity contribution in [2.24, 2.45) is 7.05 Å². The molecule has 0 spiro atoms. The van der Waals surface area contributed by atoms with Gasteiger partial charge in [-0.2, -0.15) is 0 Å². The maximum Gasteiger partial charge on any atom is 0.299 e. The largest absolute Gasteiger partial charge is 0.473 e. The van der Waals surface area contributed by atoms with Crippen molar-refractivity contribution in [3.05, 3.63) is 99.7 Å². The number of ether oxygens (including phenoxy) is 1. The first-order chi connectivity index (χ1) is 21.8. The molecule has 0 saturated carbocycles. The molecule has 2 aromatic carbocycles. The van der Waals surface area contributed by atoms with Gasteiger partial charge in [0.25, 0.3) is 17.3 Å². The van der Waals surface area contributed by atoms with E-state index >= 15 is 0 Å². The van der Waals surface area contributed by atoms with Crippen molar-refractivity contribution in [2.45, 2.75) is 13.0 Å². The molecule has 0 bridgehead atoms. The van der Waals surface area contributed by atoms with E-state index < -0.39 is 21.2 Å². The van der Waals surface area contributed by atoms with Crippen LogP contribution in [0.15, 0.2) is 79.5 Å². The van der Waals surface area contributed by atoms with E-state index in [9.17, 15) is 25.3 Å². The van der Waals surface area contributed by atoms with Gasteiger partial charge in [-0.05, 0) is 42.5 Å². The smallest absolute Gasteiger partial charge is 0.299 e. The molecule has 4 N–H and O–H groups in total. The highest BCUT2D eigenvalue weighted by molar-refractivity contribution is 6.15. The summed E-state index contributed by atoms with van der Waals surface area (Å²) in [7, 11) is 1.97. The lowest BCUT2D eigenvalue weighted by atomic mass is 10.1. The summed E-state index contributed by atoms with van der Waals surface area (Å²) in [5.41, 5.74) is 1.35. The molecular weight excluding hydrogens is 606 g/mol. The molecule has 0 aliphatic carbocycles. The quantitative estimate of drug-likeness (QED) is 0.0426. The number of aliphatic hydroxyl groups is 1. The minimum Gasteiger partial charge on any atom is -0.473 e. The zero-order valence-electron chi connectivity index (χ0n) is 24.6. The second-order valence-electron chi connectivity index (χ2n) is 9.61. The van der Waals surface area contributed by atoms with Crippen LogP contribution in [0, 0.1) is 20.2 Å². The molecule has 0 atom stereocenters. The van der Waals surface area contributed by atoms with E-state index in [2.05, 4.69) is 37.2 Å². The number of hydrogen-bond acceptors (Lipinski definition) is 10. The molecule has 0 radical (unpaired) electrons. The van der Waals surface area contributed by atoms with Gasteiger partial charge in [0.2, 0.25) is 6.33 Å². The summed E-state index contributed by atoms with van der Waals surface area (Å²) in [5.74, 6) is 0.105. The maximum absolute atomic E-state index is 12.0. The van der Waals surface area contributed by atoms with Gasteiger partial charge >= 0.3 is 0 Å². The Morgan fingerprint density at radius 3 is 2.31 bits per heavy atom. The highest BCUT2D eigenvalue weighted by atomic mass is 35.5. The molecule has 0 amide bonds. The summed E-state index contributed by atoms with van der Waals surface area (Å²) >= 11 is 4.64. The fraction of sp³-hybridized carbons (Fsp3) is 0.241. The highest BCUT2D eigenvalue weighted by Gasteiger charge is 2.27. The molecule has 0 saturated heterocycles. The molecule has 0 fully saturated rings. The van der Waals surface area contributed by atoms with Crippen molar-refractivity contribution < 1.29 is 24.3 Å². The average molecular weight is 639 g/mol. The number of nitrogens with one attached hydrogen (secondary N) is 3. The highest BCUT2D eigenvalue weighted by Crippen LogP contribution is 2.41. The van der Waals surface area contributed by atoms with Crippen LogP contribution in [0.2, 0.25) is 0 Å². The molecule has 3 heterocycles. The zero-order valence-corrected chi connectivity index (χ0v) is 25.3. The number of hydrogen-bond donors (Lipinski definition) is 4. The molecule has 236 valence electrons. The first kappa shape index (κ1) is 32.5. The number of nitro groups is 2. The molecule has 5 rings (SSSR count). The van der Waals surface area contributed by atoms with Crippen molar-refractivity contribution >= 4 is 56.9 Å². The summed E-state index contributed by atoms with van der Waals surface area (Å²) < 4.78 is 11.2. The molecule has 0 unspecified atom stereocenters. The van der Waals surface area contributed by atoms with Gasteiger partial charge in [-0.15, -0.1) is 16.7 Å². The van der Waals surface area contributed by atoms with Crippen LogP contribution in [0.5, 0.6) is 5.88 Å². The molecule has 16 heteroatoms. The number of nitro benzene ring substituents is 2. The number of imidazole rings is 1. The number of alkyl halides is 1. The molecule has 5 aromatic rings. The SMILES string of the molecule is CCl.C[n+]1ccn(CCCNc2ccc(Nc3cc(Nc4c(OCCO)nn5ccccc45)c([N+](=O)[O-])cc3[N+](=O)[O-])cc2)c1. The molecule has 0 aliphatic rings. The Morgan fingerprint density at radius 2 is 1.67 bits per heavy atom. The Hall–Kier alpha value is -5.41. The summed E-state index contributed by atoms with van der Waals surface area (Å²) in [6.07, 6.45) is 10.1. The standard InChI is InChI=1S/C28H30N9O6.CH3Cl/c1-33-13-14-34(19-33)11-4-10-29-20-6-8-21(9-7-20)30-22-17-23(26(37(41)42)18-25(22)36(39)40)31-27-24-5-2-3-12-35(24)32-28(27)43-16-15-38;1-2/h2-3,5-9,12-14,17-19,29-31,38H,4,10-11,15-16H2,1H3;1H3/q+1;. The predicted octanol–water partition coefficient (Wildman–Crippen LogP) is 4.99. The number of halogens is 1. The van der Waals surface area contributed by atoms with E-state index in [1.54, 1.807) is 36.5 Å². The summed E-state index contributed by atoms with van der Waals surface area (Å²) in [5, 5.41) is 46.8. The second kappa shape index (κ2) is 15.4. The Balaban J connectivity index is 0.00000226. The Labute approximate surface area is 262 Å². The first-order valence-corrected chi connectivity index (χ1v) is 14.5. The van der Waals surface area contributed by atoms with Crippen LogP contribution in [0.3, 0.4) is 0 Å². The normalized spacial score (nSPS) is 10.6. The number of aromatic nitrogens is 4. The van der Waals surface area contributed by atoms with E-state index in [1.807, 2.05) is 42.5 Å². The summed E-state index contributed by atoms with van der Waals surface area (Å²) in [6.45, 7) is 1.31. The molecule has 45 heavy (non-hydrogen) atoms. The number of nitrogens with zero attached hydrogens (tertiary/aromatic N) is 6. The van der Waals surface area contributed by atoms with Gasteiger partial charge in [-0.1, -0.05) is 6.07 Å². The Kier molecular flexibility index (Phi) is 11.1. The van der Waals surface area contributed by atoms with Gasteiger partial charge in [-0.3, -0.25) is 20.2 Å². The van der Waals surface area contributed by atoms with Crippen molar-refractivity contribution in [1.82, 2.24) is 14.2 Å². The van der Waals surface area contributed by atoms with Crippen LogP contribution in [0.1, 0.15) is 6.42 Å². The minimum absolute atomic E-state index is 0.0136. The van der Waals surface area contributed by atoms with E-state index in [-0.39, 0.29) is 30.5 Å². The van der Waals surface area contributed by atoms with Crippen LogP contribution < -0.4 is 25.3 Å². The number of pyridine rings is 1. The van der Waals surface area contributed by atoms with E-state index in [4.69, 9.17) is 4.74 Å². The summed E-state index contributed by atoms with van der Waals surface area (Å²) in [4.78, 5) is 22.5. The minimum atomic E-state index is -0.699. The number of benzene rings is 2. The van der Waals surface area contributed by atoms with Gasteiger partial charge in [0, 0.05) is 36.9 Å². The van der Waals surface area contributed by atoms with Crippen molar-refractivity contribution in [3.63, 3.8) is 0 Å². The third-order valence-electron chi connectivity index (χ3n) is 6.51.